The summed E-state index contributed by atoms with van der Waals surface area (Å²) in [5, 5.41) is 1.19. The van der Waals surface area contributed by atoms with Crippen molar-refractivity contribution < 1.29 is 14.3 Å². The van der Waals surface area contributed by atoms with Gasteiger partial charge in [0.1, 0.15) is 5.60 Å². The fraction of sp³-hybridized carbons (Fsp3) is 0.500. The number of likely N-dealkylation sites (tertiary alicyclic amines) is 1. The van der Waals surface area contributed by atoms with E-state index >= 15 is 0 Å². The molecule has 1 aromatic rings. The van der Waals surface area contributed by atoms with Gasteiger partial charge >= 0.3 is 12.1 Å². The van der Waals surface area contributed by atoms with Crippen LogP contribution < -0.4 is 10.4 Å². The van der Waals surface area contributed by atoms with Crippen LogP contribution in [0.5, 0.6) is 0 Å². The first kappa shape index (κ1) is 16.1. The molecular weight excluding hydrogens is 282 g/mol. The summed E-state index contributed by atoms with van der Waals surface area (Å²) in [7, 11) is 0. The van der Waals surface area contributed by atoms with Crippen molar-refractivity contribution in [1.82, 2.24) is 10.3 Å². The topological polar surface area (TPSA) is 61.9 Å². The molecule has 1 saturated heterocycles. The highest BCUT2D eigenvalue weighted by atomic mass is 16.6. The quantitative estimate of drug-likeness (QED) is 0.811. The van der Waals surface area contributed by atoms with Crippen molar-refractivity contribution >= 4 is 17.8 Å². The fourth-order valence-electron chi connectivity index (χ4n) is 2.18. The van der Waals surface area contributed by atoms with Crippen molar-refractivity contribution in [2.24, 2.45) is 0 Å². The number of nitrogens with zero attached hydrogens (tertiary/aromatic N) is 2. The Labute approximate surface area is 131 Å². The Morgan fingerprint density at radius 3 is 2.50 bits per heavy atom. The highest BCUT2D eigenvalue weighted by Crippen LogP contribution is 2.17. The molecule has 0 spiro atoms. The molecule has 6 nitrogen and oxygen atoms in total. The molecule has 1 fully saturated rings. The van der Waals surface area contributed by atoms with Crippen LogP contribution in [0.15, 0.2) is 24.3 Å². The maximum absolute atomic E-state index is 12.6. The first-order valence-electron chi connectivity index (χ1n) is 7.42. The van der Waals surface area contributed by atoms with Gasteiger partial charge in [0.25, 0.3) is 0 Å². The normalized spacial score (nSPS) is 14.6. The Kier molecular flexibility index (Phi) is 4.90. The molecule has 0 atom stereocenters. The number of hydrogen-bond donors (Lipinski definition) is 1. The zero-order chi connectivity index (χ0) is 16.2. The number of urea groups is 1. The summed E-state index contributed by atoms with van der Waals surface area (Å²) in [6, 6.07) is 9.67. The first-order chi connectivity index (χ1) is 10.4. The predicted octanol–water partition coefficient (Wildman–Crippen LogP) is 2.95. The summed E-state index contributed by atoms with van der Waals surface area (Å²) in [6.45, 7) is 6.70. The average Bonchev–Trinajstić information content (AvgIpc) is 2.97. The Hall–Kier alpha value is -2.24. The Balaban J connectivity index is 2.15. The molecular formula is C16H22N3O3. The maximum atomic E-state index is 12.6. The number of amides is 3. The largest absolute Gasteiger partial charge is 0.443 e. The minimum absolute atomic E-state index is 0.272. The smallest absolute Gasteiger partial charge is 0.427 e. The van der Waals surface area contributed by atoms with Gasteiger partial charge in [-0.15, -0.1) is 0 Å². The molecule has 6 heteroatoms. The zero-order valence-corrected chi connectivity index (χ0v) is 13.3. The molecule has 1 heterocycles. The van der Waals surface area contributed by atoms with E-state index in [1.165, 1.54) is 5.01 Å². The Morgan fingerprint density at radius 2 is 1.95 bits per heavy atom. The van der Waals surface area contributed by atoms with Crippen molar-refractivity contribution in [3.8, 4) is 0 Å². The third-order valence-corrected chi connectivity index (χ3v) is 3.10. The molecule has 2 rings (SSSR count). The summed E-state index contributed by atoms with van der Waals surface area (Å²) in [4.78, 5) is 26.3. The van der Waals surface area contributed by atoms with Gasteiger partial charge in [-0.05, 0) is 39.7 Å². The van der Waals surface area contributed by atoms with Gasteiger partial charge in [0, 0.05) is 19.2 Å². The van der Waals surface area contributed by atoms with E-state index in [0.717, 1.165) is 12.8 Å². The second kappa shape index (κ2) is 6.68. The van der Waals surface area contributed by atoms with Crippen LogP contribution in [0.25, 0.3) is 0 Å². The van der Waals surface area contributed by atoms with Crippen LogP contribution >= 0.6 is 0 Å². The number of nitrogens with one attached hydrogen (secondary N) is 1. The van der Waals surface area contributed by atoms with E-state index in [0.29, 0.717) is 18.8 Å². The van der Waals surface area contributed by atoms with Crippen LogP contribution in [0.1, 0.15) is 33.6 Å². The fourth-order valence-corrected chi connectivity index (χ4v) is 2.18. The highest BCUT2D eigenvalue weighted by Gasteiger charge is 2.28. The number of para-hydroxylation sites is 1. The van der Waals surface area contributed by atoms with Crippen molar-refractivity contribution in [2.45, 2.75) is 39.2 Å². The summed E-state index contributed by atoms with van der Waals surface area (Å²) >= 11 is 0. The molecule has 1 aromatic carbocycles. The Bertz CT molecular complexity index is 519. The minimum Gasteiger partial charge on any atom is -0.443 e. The van der Waals surface area contributed by atoms with Gasteiger partial charge in [-0.25, -0.2) is 15.0 Å². The van der Waals surface area contributed by atoms with Crippen molar-refractivity contribution in [2.75, 3.05) is 18.1 Å². The summed E-state index contributed by atoms with van der Waals surface area (Å²) in [5.74, 6) is 0. The van der Waals surface area contributed by atoms with E-state index < -0.39 is 11.7 Å². The molecule has 1 N–H and O–H groups in total. The lowest BCUT2D eigenvalue weighted by molar-refractivity contribution is 0.0521. The monoisotopic (exact) mass is 304 g/mol. The van der Waals surface area contributed by atoms with Gasteiger partial charge in [-0.2, -0.15) is 5.01 Å². The number of benzene rings is 1. The molecule has 22 heavy (non-hydrogen) atoms. The number of hydrogen-bond acceptors (Lipinski definition) is 3. The second-order valence-corrected chi connectivity index (χ2v) is 6.17. The van der Waals surface area contributed by atoms with Gasteiger partial charge < -0.3 is 9.64 Å². The van der Waals surface area contributed by atoms with Gasteiger partial charge in [-0.1, -0.05) is 18.2 Å². The van der Waals surface area contributed by atoms with E-state index in [4.69, 9.17) is 4.74 Å². The lowest BCUT2D eigenvalue weighted by Crippen LogP contribution is -2.53. The Morgan fingerprint density at radius 1 is 1.27 bits per heavy atom. The molecule has 0 aliphatic carbocycles. The van der Waals surface area contributed by atoms with E-state index in [1.54, 1.807) is 49.9 Å². The van der Waals surface area contributed by atoms with E-state index in [-0.39, 0.29) is 6.03 Å². The number of ether oxygens (including phenoxy) is 1. The number of rotatable bonds is 1. The minimum atomic E-state index is -0.669. The first-order valence-corrected chi connectivity index (χ1v) is 7.42. The van der Waals surface area contributed by atoms with Crippen molar-refractivity contribution in [3.63, 3.8) is 0 Å². The molecule has 1 radical (unpaired) electrons. The van der Waals surface area contributed by atoms with E-state index in [1.807, 2.05) is 0 Å². The average molecular weight is 304 g/mol. The van der Waals surface area contributed by atoms with Crippen LogP contribution in [0, 0.1) is 6.07 Å². The third-order valence-electron chi connectivity index (χ3n) is 3.10. The number of carbonyl (C=O) groups is 2. The number of anilines is 1. The van der Waals surface area contributed by atoms with Gasteiger partial charge in [0.2, 0.25) is 0 Å². The standard InChI is InChI=1S/C16H22N3O3/c1-16(2,3)22-14(20)17-19(13-9-5-4-6-10-13)15(21)18-11-7-8-12-18/h4-6,9H,7-8,11-12H2,1-3H3,(H,17,20). The van der Waals surface area contributed by atoms with Crippen molar-refractivity contribution in [1.29, 1.82) is 0 Å². The molecule has 0 unspecified atom stereocenters. The second-order valence-electron chi connectivity index (χ2n) is 6.17. The molecule has 0 bridgehead atoms. The van der Waals surface area contributed by atoms with Crippen LogP contribution in [-0.2, 0) is 4.74 Å². The van der Waals surface area contributed by atoms with Crippen LogP contribution in [0.4, 0.5) is 15.3 Å². The summed E-state index contributed by atoms with van der Waals surface area (Å²) in [6.07, 6.45) is 1.28. The molecule has 1 aliphatic heterocycles. The van der Waals surface area contributed by atoms with Crippen LogP contribution in [0.3, 0.4) is 0 Å². The van der Waals surface area contributed by atoms with E-state index in [9.17, 15) is 9.59 Å². The number of carbonyl (C=O) groups excluding carboxylic acids is 2. The molecule has 1 aliphatic rings. The number of hydrazine groups is 1. The van der Waals surface area contributed by atoms with Gasteiger partial charge in [0.15, 0.2) is 0 Å². The highest BCUT2D eigenvalue weighted by molar-refractivity contribution is 5.94. The molecule has 0 saturated carbocycles. The third kappa shape index (κ3) is 4.38. The lowest BCUT2D eigenvalue weighted by atomic mass is 10.2. The summed E-state index contributed by atoms with van der Waals surface area (Å²) in [5.41, 5.74) is 2.36. The SMILES string of the molecule is CC(C)(C)OC(=O)NN(C(=O)N1CCCC1)c1[c]cccc1. The van der Waals surface area contributed by atoms with Gasteiger partial charge in [0.05, 0.1) is 5.69 Å². The van der Waals surface area contributed by atoms with E-state index in [2.05, 4.69) is 11.5 Å². The maximum Gasteiger partial charge on any atom is 0.427 e. The molecule has 0 aromatic heterocycles. The predicted molar refractivity (Wildman–Crippen MR) is 83.3 cm³/mol. The van der Waals surface area contributed by atoms with Crippen molar-refractivity contribution in [3.05, 3.63) is 30.3 Å². The zero-order valence-electron chi connectivity index (χ0n) is 13.3. The summed E-state index contributed by atoms with van der Waals surface area (Å²) < 4.78 is 5.23. The molecule has 3 amide bonds. The van der Waals surface area contributed by atoms with Gasteiger partial charge in [-0.3, -0.25) is 0 Å². The van der Waals surface area contributed by atoms with Crippen LogP contribution in [-0.4, -0.2) is 35.7 Å². The van der Waals surface area contributed by atoms with Crippen LogP contribution in [0.2, 0.25) is 0 Å². The molecule has 119 valence electrons. The lowest BCUT2D eigenvalue weighted by Gasteiger charge is -2.29.